The normalized spacial score (nSPS) is 12.0. The van der Waals surface area contributed by atoms with Crippen molar-refractivity contribution in [3.8, 4) is 0 Å². The Balaban J connectivity index is 2.63. The molecule has 5 heteroatoms. The van der Waals surface area contributed by atoms with E-state index in [4.69, 9.17) is 5.73 Å². The largest absolute Gasteiger partial charge is 0.385 e. The third-order valence-corrected chi connectivity index (χ3v) is 3.25. The lowest BCUT2D eigenvalue weighted by atomic mass is 10.00. The number of amides is 1. The summed E-state index contributed by atoms with van der Waals surface area (Å²) in [7, 11) is 3.45. The summed E-state index contributed by atoms with van der Waals surface area (Å²) in [5, 5.41) is 3.38. The fourth-order valence-electron chi connectivity index (χ4n) is 2.14. The van der Waals surface area contributed by atoms with Crippen molar-refractivity contribution in [3.05, 3.63) is 24.0 Å². The van der Waals surface area contributed by atoms with E-state index < -0.39 is 0 Å². The predicted molar refractivity (Wildman–Crippen MR) is 82.8 cm³/mol. The second-order valence-corrected chi connectivity index (χ2v) is 5.24. The summed E-state index contributed by atoms with van der Waals surface area (Å²) in [6, 6.07) is 3.69. The van der Waals surface area contributed by atoms with Crippen molar-refractivity contribution in [3.63, 3.8) is 0 Å². The Morgan fingerprint density at radius 3 is 2.80 bits per heavy atom. The van der Waals surface area contributed by atoms with Crippen LogP contribution in [-0.4, -0.2) is 43.0 Å². The SMILES string of the molecule is CCCC(CCN)CNc1ccnc(C(=O)N(C)C)c1. The fourth-order valence-corrected chi connectivity index (χ4v) is 2.14. The van der Waals surface area contributed by atoms with Crippen LogP contribution in [0.15, 0.2) is 18.3 Å². The Labute approximate surface area is 121 Å². The van der Waals surface area contributed by atoms with Gasteiger partial charge in [-0.3, -0.25) is 9.78 Å². The number of nitrogens with one attached hydrogen (secondary N) is 1. The zero-order chi connectivity index (χ0) is 15.0. The van der Waals surface area contributed by atoms with Gasteiger partial charge >= 0.3 is 0 Å². The van der Waals surface area contributed by atoms with Crippen LogP contribution in [0.1, 0.15) is 36.7 Å². The summed E-state index contributed by atoms with van der Waals surface area (Å²) in [4.78, 5) is 17.5. The van der Waals surface area contributed by atoms with Crippen molar-refractivity contribution in [2.45, 2.75) is 26.2 Å². The monoisotopic (exact) mass is 278 g/mol. The molecule has 0 bridgehead atoms. The van der Waals surface area contributed by atoms with E-state index in [9.17, 15) is 4.79 Å². The molecule has 1 aromatic rings. The van der Waals surface area contributed by atoms with Crippen LogP contribution in [0.3, 0.4) is 0 Å². The highest BCUT2D eigenvalue weighted by atomic mass is 16.2. The second kappa shape index (κ2) is 8.53. The molecule has 5 nitrogen and oxygen atoms in total. The Morgan fingerprint density at radius 1 is 1.45 bits per heavy atom. The Bertz CT molecular complexity index is 414. The maximum absolute atomic E-state index is 11.9. The highest BCUT2D eigenvalue weighted by molar-refractivity contribution is 5.92. The standard InChI is InChI=1S/C15H26N4O/c1-4-5-12(6-8-16)11-18-13-7-9-17-14(10-13)15(20)19(2)3/h7,9-10,12H,4-6,8,11,16H2,1-3H3,(H,17,18). The molecule has 1 rings (SSSR count). The molecule has 0 saturated carbocycles. The topological polar surface area (TPSA) is 71.2 Å². The number of anilines is 1. The molecule has 1 unspecified atom stereocenters. The van der Waals surface area contributed by atoms with Crippen LogP contribution >= 0.6 is 0 Å². The highest BCUT2D eigenvalue weighted by Crippen LogP contribution is 2.14. The average Bonchev–Trinajstić information content (AvgIpc) is 2.44. The van der Waals surface area contributed by atoms with Gasteiger partial charge in [-0.2, -0.15) is 0 Å². The molecular formula is C15H26N4O. The molecule has 3 N–H and O–H groups in total. The summed E-state index contributed by atoms with van der Waals surface area (Å²) in [5.41, 5.74) is 7.04. The molecule has 20 heavy (non-hydrogen) atoms. The molecular weight excluding hydrogens is 252 g/mol. The first-order valence-corrected chi connectivity index (χ1v) is 7.20. The average molecular weight is 278 g/mol. The Morgan fingerprint density at radius 2 is 2.20 bits per heavy atom. The lowest BCUT2D eigenvalue weighted by molar-refractivity contribution is 0.0822. The highest BCUT2D eigenvalue weighted by Gasteiger charge is 2.11. The third-order valence-electron chi connectivity index (χ3n) is 3.25. The van der Waals surface area contributed by atoms with Crippen molar-refractivity contribution in [1.29, 1.82) is 0 Å². The van der Waals surface area contributed by atoms with Crippen LogP contribution in [0, 0.1) is 5.92 Å². The summed E-state index contributed by atoms with van der Waals surface area (Å²) in [6.07, 6.45) is 5.01. The van der Waals surface area contributed by atoms with Crippen molar-refractivity contribution in [2.24, 2.45) is 11.7 Å². The number of hydrogen-bond acceptors (Lipinski definition) is 4. The van der Waals surface area contributed by atoms with Crippen molar-refractivity contribution in [2.75, 3.05) is 32.5 Å². The summed E-state index contributed by atoms with van der Waals surface area (Å²) in [5.74, 6) is 0.492. The summed E-state index contributed by atoms with van der Waals surface area (Å²) in [6.45, 7) is 3.78. The van der Waals surface area contributed by atoms with Gasteiger partial charge in [0.1, 0.15) is 5.69 Å². The minimum atomic E-state index is -0.0827. The van der Waals surface area contributed by atoms with Gasteiger partial charge in [0.2, 0.25) is 0 Å². The number of pyridine rings is 1. The van der Waals surface area contributed by atoms with Crippen molar-refractivity contribution < 1.29 is 4.79 Å². The Kier molecular flexibility index (Phi) is 7.01. The minimum absolute atomic E-state index is 0.0827. The maximum atomic E-state index is 11.9. The first-order chi connectivity index (χ1) is 9.58. The Hall–Kier alpha value is -1.62. The number of rotatable bonds is 8. The predicted octanol–water partition coefficient (Wildman–Crippen LogP) is 1.96. The first-order valence-electron chi connectivity index (χ1n) is 7.20. The quantitative estimate of drug-likeness (QED) is 0.762. The molecule has 1 atom stereocenters. The molecule has 0 aliphatic rings. The number of carbonyl (C=O) groups is 1. The van der Waals surface area contributed by atoms with E-state index in [1.807, 2.05) is 6.07 Å². The molecule has 0 aliphatic carbocycles. The smallest absolute Gasteiger partial charge is 0.272 e. The van der Waals surface area contributed by atoms with E-state index in [-0.39, 0.29) is 5.91 Å². The zero-order valence-corrected chi connectivity index (χ0v) is 12.7. The lowest BCUT2D eigenvalue weighted by Crippen LogP contribution is -2.23. The van der Waals surface area contributed by atoms with E-state index >= 15 is 0 Å². The summed E-state index contributed by atoms with van der Waals surface area (Å²) < 4.78 is 0. The van der Waals surface area contributed by atoms with Crippen LogP contribution in [0.5, 0.6) is 0 Å². The first kappa shape index (κ1) is 16.4. The lowest BCUT2D eigenvalue weighted by Gasteiger charge is -2.17. The number of carbonyl (C=O) groups excluding carboxylic acids is 1. The van der Waals surface area contributed by atoms with E-state index in [0.29, 0.717) is 18.2 Å². The van der Waals surface area contributed by atoms with Crippen LogP contribution in [0.2, 0.25) is 0 Å². The number of nitrogens with zero attached hydrogens (tertiary/aromatic N) is 2. The molecule has 112 valence electrons. The number of hydrogen-bond donors (Lipinski definition) is 2. The van der Waals surface area contributed by atoms with Gasteiger partial charge in [0.05, 0.1) is 0 Å². The van der Waals surface area contributed by atoms with Crippen LogP contribution in [0.25, 0.3) is 0 Å². The second-order valence-electron chi connectivity index (χ2n) is 5.24. The van der Waals surface area contributed by atoms with Crippen LogP contribution < -0.4 is 11.1 Å². The maximum Gasteiger partial charge on any atom is 0.272 e. The molecule has 1 aromatic heterocycles. The molecule has 0 radical (unpaired) electrons. The van der Waals surface area contributed by atoms with Gasteiger partial charge in [0.25, 0.3) is 5.91 Å². The van der Waals surface area contributed by atoms with Crippen LogP contribution in [0.4, 0.5) is 5.69 Å². The van der Waals surface area contributed by atoms with Gasteiger partial charge in [0, 0.05) is 32.5 Å². The van der Waals surface area contributed by atoms with Crippen LogP contribution in [-0.2, 0) is 0 Å². The van der Waals surface area contributed by atoms with Gasteiger partial charge in [-0.05, 0) is 37.4 Å². The summed E-state index contributed by atoms with van der Waals surface area (Å²) >= 11 is 0. The molecule has 1 heterocycles. The number of aromatic nitrogens is 1. The fraction of sp³-hybridized carbons (Fsp3) is 0.600. The van der Waals surface area contributed by atoms with Crippen molar-refractivity contribution in [1.82, 2.24) is 9.88 Å². The molecule has 0 fully saturated rings. The van der Waals surface area contributed by atoms with E-state index in [1.54, 1.807) is 26.4 Å². The van der Waals surface area contributed by atoms with E-state index in [1.165, 1.54) is 11.3 Å². The number of nitrogens with two attached hydrogens (primary N) is 1. The molecule has 0 aliphatic heterocycles. The zero-order valence-electron chi connectivity index (χ0n) is 12.7. The molecule has 0 spiro atoms. The van der Waals surface area contributed by atoms with Gasteiger partial charge in [0.15, 0.2) is 0 Å². The van der Waals surface area contributed by atoms with E-state index in [0.717, 1.165) is 25.1 Å². The molecule has 0 aromatic carbocycles. The third kappa shape index (κ3) is 5.17. The van der Waals surface area contributed by atoms with Gasteiger partial charge < -0.3 is 16.0 Å². The van der Waals surface area contributed by atoms with E-state index in [2.05, 4.69) is 17.2 Å². The molecule has 0 saturated heterocycles. The van der Waals surface area contributed by atoms with Gasteiger partial charge in [-0.1, -0.05) is 13.3 Å². The minimum Gasteiger partial charge on any atom is -0.385 e. The van der Waals surface area contributed by atoms with Gasteiger partial charge in [-0.25, -0.2) is 0 Å². The van der Waals surface area contributed by atoms with Crippen molar-refractivity contribution >= 4 is 11.6 Å². The van der Waals surface area contributed by atoms with Gasteiger partial charge in [-0.15, -0.1) is 0 Å². The molecule has 1 amide bonds.